The molecule has 4 rings (SSSR count). The summed E-state index contributed by atoms with van der Waals surface area (Å²) in [4.78, 5) is 31.1. The third kappa shape index (κ3) is 3.02. The van der Waals surface area contributed by atoms with Gasteiger partial charge in [-0.25, -0.2) is 4.98 Å². The molecule has 0 saturated carbocycles. The molecule has 0 amide bonds. The number of fused-ring (bicyclic) bond motifs is 2. The van der Waals surface area contributed by atoms with Crippen LogP contribution in [0.15, 0.2) is 35.4 Å². The van der Waals surface area contributed by atoms with Crippen molar-refractivity contribution in [2.45, 2.75) is 26.3 Å². The van der Waals surface area contributed by atoms with Gasteiger partial charge in [0.25, 0.3) is 5.56 Å². The van der Waals surface area contributed by atoms with E-state index in [4.69, 9.17) is 9.47 Å². The summed E-state index contributed by atoms with van der Waals surface area (Å²) >= 11 is 1.52. The smallest absolute Gasteiger partial charge is 0.262 e. The Morgan fingerprint density at radius 1 is 1.28 bits per heavy atom. The molecule has 6 nitrogen and oxygen atoms in total. The lowest BCUT2D eigenvalue weighted by Crippen LogP contribution is -2.25. The van der Waals surface area contributed by atoms with E-state index in [0.717, 1.165) is 21.7 Å². The first-order valence-electron chi connectivity index (χ1n) is 8.02. The van der Waals surface area contributed by atoms with E-state index in [1.54, 1.807) is 12.1 Å². The van der Waals surface area contributed by atoms with E-state index in [0.29, 0.717) is 16.9 Å². The molecule has 0 N–H and O–H groups in total. The highest BCUT2D eigenvalue weighted by Crippen LogP contribution is 2.32. The van der Waals surface area contributed by atoms with Gasteiger partial charge in [0.2, 0.25) is 6.79 Å². The number of benzene rings is 1. The summed E-state index contributed by atoms with van der Waals surface area (Å²) in [5.41, 5.74) is 0.667. The van der Waals surface area contributed by atoms with E-state index in [1.807, 2.05) is 19.1 Å². The molecule has 1 aliphatic rings. The fourth-order valence-corrected chi connectivity index (χ4v) is 3.75. The molecule has 1 aromatic carbocycles. The Morgan fingerprint density at radius 2 is 2.12 bits per heavy atom. The molecule has 0 aliphatic carbocycles. The van der Waals surface area contributed by atoms with Crippen LogP contribution >= 0.6 is 11.3 Å². The van der Waals surface area contributed by atoms with Crippen molar-refractivity contribution in [3.63, 3.8) is 0 Å². The zero-order valence-corrected chi connectivity index (χ0v) is 14.5. The maximum absolute atomic E-state index is 12.5. The number of Topliss-reactive ketones (excluding diaryl/α,β-unsaturated/α-hetero) is 1. The highest BCUT2D eigenvalue weighted by molar-refractivity contribution is 7.18. The largest absolute Gasteiger partial charge is 0.454 e. The summed E-state index contributed by atoms with van der Waals surface area (Å²) in [6.07, 6.45) is 2.55. The van der Waals surface area contributed by atoms with Gasteiger partial charge in [0.1, 0.15) is 4.83 Å². The maximum Gasteiger partial charge on any atom is 0.262 e. The Labute approximate surface area is 147 Å². The number of nitrogens with zero attached hydrogens (tertiary/aromatic N) is 2. The van der Waals surface area contributed by atoms with Crippen molar-refractivity contribution in [2.24, 2.45) is 0 Å². The molecule has 25 heavy (non-hydrogen) atoms. The van der Waals surface area contributed by atoms with Crippen molar-refractivity contribution in [1.82, 2.24) is 9.55 Å². The van der Waals surface area contributed by atoms with Gasteiger partial charge in [0.05, 0.1) is 18.3 Å². The number of thiophene rings is 1. The van der Waals surface area contributed by atoms with Crippen molar-refractivity contribution >= 4 is 27.3 Å². The number of carbonyl (C=O) groups is 1. The molecule has 7 heteroatoms. The number of aromatic nitrogens is 2. The first kappa shape index (κ1) is 15.8. The molecular weight excluding hydrogens is 340 g/mol. The minimum absolute atomic E-state index is 0.00746. The average Bonchev–Trinajstić information content (AvgIpc) is 3.23. The van der Waals surface area contributed by atoms with Crippen LogP contribution in [0.2, 0.25) is 0 Å². The number of carbonyl (C=O) groups excluding carboxylic acids is 1. The number of hydrogen-bond donors (Lipinski definition) is 0. The molecule has 2 aromatic heterocycles. The van der Waals surface area contributed by atoms with Crippen molar-refractivity contribution in [2.75, 3.05) is 6.79 Å². The molecule has 0 unspecified atom stereocenters. The molecule has 128 valence electrons. The van der Waals surface area contributed by atoms with Crippen LogP contribution in [0.25, 0.3) is 10.2 Å². The van der Waals surface area contributed by atoms with Crippen LogP contribution in [0.3, 0.4) is 0 Å². The van der Waals surface area contributed by atoms with Crippen molar-refractivity contribution in [1.29, 1.82) is 0 Å². The molecule has 0 spiro atoms. The highest BCUT2D eigenvalue weighted by atomic mass is 32.1. The lowest BCUT2D eigenvalue weighted by Gasteiger charge is -2.05. The van der Waals surface area contributed by atoms with E-state index in [-0.39, 0.29) is 31.1 Å². The third-order valence-electron chi connectivity index (χ3n) is 4.10. The molecule has 0 fully saturated rings. The quantitative estimate of drug-likeness (QED) is 0.703. The van der Waals surface area contributed by atoms with E-state index in [2.05, 4.69) is 4.98 Å². The lowest BCUT2D eigenvalue weighted by molar-refractivity contribution is -0.119. The van der Waals surface area contributed by atoms with Gasteiger partial charge in [-0.2, -0.15) is 0 Å². The van der Waals surface area contributed by atoms with Crippen LogP contribution in [0, 0.1) is 0 Å². The third-order valence-corrected chi connectivity index (χ3v) is 5.29. The number of rotatable bonds is 5. The summed E-state index contributed by atoms with van der Waals surface area (Å²) in [6.45, 7) is 2.25. The minimum atomic E-state index is -0.167. The van der Waals surface area contributed by atoms with Gasteiger partial charge in [0, 0.05) is 11.3 Å². The summed E-state index contributed by atoms with van der Waals surface area (Å²) in [5, 5.41) is 0.584. The lowest BCUT2D eigenvalue weighted by atomic mass is 10.1. The normalized spacial score (nSPS) is 12.7. The van der Waals surface area contributed by atoms with Gasteiger partial charge in [-0.05, 0) is 30.2 Å². The van der Waals surface area contributed by atoms with Crippen LogP contribution in [0.1, 0.15) is 17.4 Å². The van der Waals surface area contributed by atoms with Gasteiger partial charge in [-0.1, -0.05) is 13.0 Å². The fraction of sp³-hybridized carbons (Fsp3) is 0.278. The maximum atomic E-state index is 12.5. The Balaban J connectivity index is 1.53. The summed E-state index contributed by atoms with van der Waals surface area (Å²) in [5.74, 6) is 1.27. The standard InChI is InChI=1S/C18H16N2O4S/c1-2-13-7-14-17(25-13)19-9-20(18(14)22)8-12(21)5-11-3-4-15-16(6-11)24-10-23-15/h3-4,6-7,9H,2,5,8,10H2,1H3. The summed E-state index contributed by atoms with van der Waals surface area (Å²) in [6, 6.07) is 7.30. The molecule has 3 heterocycles. The Hall–Kier alpha value is -2.67. The zero-order chi connectivity index (χ0) is 17.4. The Kier molecular flexibility index (Phi) is 4.01. The van der Waals surface area contributed by atoms with Gasteiger partial charge in [-0.3, -0.25) is 14.2 Å². The van der Waals surface area contributed by atoms with Crippen molar-refractivity contribution in [3.8, 4) is 11.5 Å². The summed E-state index contributed by atoms with van der Waals surface area (Å²) < 4.78 is 12.0. The number of ether oxygens (including phenoxy) is 2. The molecule has 0 atom stereocenters. The Morgan fingerprint density at radius 3 is 2.96 bits per heavy atom. The second-order valence-electron chi connectivity index (χ2n) is 5.87. The van der Waals surface area contributed by atoms with Crippen molar-refractivity contribution < 1.29 is 14.3 Å². The topological polar surface area (TPSA) is 70.4 Å². The van der Waals surface area contributed by atoms with E-state index < -0.39 is 0 Å². The summed E-state index contributed by atoms with van der Waals surface area (Å²) in [7, 11) is 0. The van der Waals surface area contributed by atoms with Gasteiger partial charge in [0.15, 0.2) is 17.3 Å². The van der Waals surface area contributed by atoms with Crippen molar-refractivity contribution in [3.05, 3.63) is 51.4 Å². The van der Waals surface area contributed by atoms with Gasteiger partial charge >= 0.3 is 0 Å². The fourth-order valence-electron chi connectivity index (χ4n) is 2.82. The molecule has 3 aromatic rings. The number of aryl methyl sites for hydroxylation is 1. The average molecular weight is 356 g/mol. The zero-order valence-electron chi connectivity index (χ0n) is 13.7. The van der Waals surface area contributed by atoms with Crippen LogP contribution in [-0.2, 0) is 24.2 Å². The molecular formula is C18H16N2O4S. The molecule has 0 bridgehead atoms. The van der Waals surface area contributed by atoms with E-state index in [1.165, 1.54) is 22.2 Å². The molecule has 1 aliphatic heterocycles. The van der Waals surface area contributed by atoms with Crippen LogP contribution in [0.4, 0.5) is 0 Å². The molecule has 0 radical (unpaired) electrons. The van der Waals surface area contributed by atoms with E-state index >= 15 is 0 Å². The first-order chi connectivity index (χ1) is 12.1. The van der Waals surface area contributed by atoms with Crippen LogP contribution in [0.5, 0.6) is 11.5 Å². The Bertz CT molecular complexity index is 1020. The van der Waals surface area contributed by atoms with Gasteiger partial charge in [-0.15, -0.1) is 11.3 Å². The minimum Gasteiger partial charge on any atom is -0.454 e. The van der Waals surface area contributed by atoms with Crippen LogP contribution in [-0.4, -0.2) is 22.1 Å². The second-order valence-corrected chi connectivity index (χ2v) is 6.98. The monoisotopic (exact) mass is 356 g/mol. The van der Waals surface area contributed by atoms with Crippen LogP contribution < -0.4 is 15.0 Å². The highest BCUT2D eigenvalue weighted by Gasteiger charge is 2.15. The SMILES string of the molecule is CCc1cc2c(=O)n(CC(=O)Cc3ccc4c(c3)OCO4)cnc2s1. The van der Waals surface area contributed by atoms with E-state index in [9.17, 15) is 9.59 Å². The van der Waals surface area contributed by atoms with Gasteiger partial charge < -0.3 is 9.47 Å². The molecule has 0 saturated heterocycles. The predicted molar refractivity (Wildman–Crippen MR) is 94.5 cm³/mol. The second kappa shape index (κ2) is 6.33. The predicted octanol–water partition coefficient (Wildman–Crippen LogP) is 2.56. The first-order valence-corrected chi connectivity index (χ1v) is 8.84. The number of ketones is 1. The number of hydrogen-bond acceptors (Lipinski definition) is 6.